The van der Waals surface area contributed by atoms with E-state index in [2.05, 4.69) is 17.4 Å². The zero-order valence-electron chi connectivity index (χ0n) is 8.85. The van der Waals surface area contributed by atoms with Gasteiger partial charge in [-0.05, 0) is 61.4 Å². The second-order valence-electron chi connectivity index (χ2n) is 4.60. The van der Waals surface area contributed by atoms with Gasteiger partial charge in [0.2, 0.25) is 0 Å². The van der Waals surface area contributed by atoms with Crippen molar-refractivity contribution in [2.75, 3.05) is 6.54 Å². The van der Waals surface area contributed by atoms with Gasteiger partial charge in [-0.3, -0.25) is 0 Å². The molecular formula is C13H16ClN. The van der Waals surface area contributed by atoms with Gasteiger partial charge in [-0.1, -0.05) is 17.7 Å². The van der Waals surface area contributed by atoms with E-state index in [4.69, 9.17) is 11.6 Å². The summed E-state index contributed by atoms with van der Waals surface area (Å²) in [6, 6.07) is 4.91. The number of nitrogens with one attached hydrogen (secondary N) is 1. The Morgan fingerprint density at radius 3 is 2.80 bits per heavy atom. The maximum atomic E-state index is 6.23. The number of benzene rings is 1. The van der Waals surface area contributed by atoms with Crippen molar-refractivity contribution in [3.05, 3.63) is 33.8 Å². The van der Waals surface area contributed by atoms with E-state index >= 15 is 0 Å². The lowest BCUT2D eigenvalue weighted by atomic mass is 9.96. The Labute approximate surface area is 95.8 Å². The second-order valence-corrected chi connectivity index (χ2v) is 5.00. The van der Waals surface area contributed by atoms with Crippen LogP contribution in [0.25, 0.3) is 0 Å². The summed E-state index contributed by atoms with van der Waals surface area (Å²) in [5.74, 6) is 0. The smallest absolute Gasteiger partial charge is 0.0440 e. The molecule has 0 saturated carbocycles. The molecule has 1 saturated heterocycles. The van der Waals surface area contributed by atoms with Gasteiger partial charge in [0.15, 0.2) is 0 Å². The molecule has 1 atom stereocenters. The molecule has 1 aromatic carbocycles. The molecule has 3 rings (SSSR count). The molecule has 0 aromatic heterocycles. The van der Waals surface area contributed by atoms with E-state index in [9.17, 15) is 0 Å². The molecule has 1 fully saturated rings. The zero-order valence-corrected chi connectivity index (χ0v) is 9.61. The maximum Gasteiger partial charge on any atom is 0.0440 e. The Morgan fingerprint density at radius 2 is 2.00 bits per heavy atom. The SMILES string of the molecule is Clc1ccc([C@H]2CCCN2)c2c1CCC2. The van der Waals surface area contributed by atoms with Crippen molar-refractivity contribution in [3.63, 3.8) is 0 Å². The maximum absolute atomic E-state index is 6.23. The molecule has 1 aliphatic carbocycles. The van der Waals surface area contributed by atoms with Gasteiger partial charge in [0.1, 0.15) is 0 Å². The summed E-state index contributed by atoms with van der Waals surface area (Å²) in [5.41, 5.74) is 4.48. The minimum Gasteiger partial charge on any atom is -0.310 e. The van der Waals surface area contributed by atoms with Crippen LogP contribution in [0.2, 0.25) is 5.02 Å². The van der Waals surface area contributed by atoms with Crippen LogP contribution in [0.1, 0.15) is 42.0 Å². The quantitative estimate of drug-likeness (QED) is 0.768. The fourth-order valence-corrected chi connectivity index (χ4v) is 3.24. The Kier molecular flexibility index (Phi) is 2.45. The Bertz CT molecular complexity index is 380. The lowest BCUT2D eigenvalue weighted by Gasteiger charge is -2.16. The molecule has 0 radical (unpaired) electrons. The molecule has 0 unspecified atom stereocenters. The summed E-state index contributed by atoms with van der Waals surface area (Å²) in [7, 11) is 0. The van der Waals surface area contributed by atoms with Crippen molar-refractivity contribution in [2.24, 2.45) is 0 Å². The third kappa shape index (κ3) is 1.58. The van der Waals surface area contributed by atoms with Crippen LogP contribution in [0.4, 0.5) is 0 Å². The highest BCUT2D eigenvalue weighted by Gasteiger charge is 2.24. The number of halogens is 1. The molecule has 80 valence electrons. The van der Waals surface area contributed by atoms with E-state index in [0.717, 1.165) is 5.02 Å². The van der Waals surface area contributed by atoms with Crippen LogP contribution in [0.15, 0.2) is 12.1 Å². The van der Waals surface area contributed by atoms with Gasteiger partial charge in [0, 0.05) is 11.1 Å². The summed E-state index contributed by atoms with van der Waals surface area (Å²) in [4.78, 5) is 0. The first-order chi connectivity index (χ1) is 7.36. The van der Waals surface area contributed by atoms with Crippen molar-refractivity contribution in [3.8, 4) is 0 Å². The van der Waals surface area contributed by atoms with Gasteiger partial charge in [-0.15, -0.1) is 0 Å². The van der Waals surface area contributed by atoms with Crippen LogP contribution in [0.3, 0.4) is 0 Å². The fourth-order valence-electron chi connectivity index (χ4n) is 2.97. The molecule has 1 aliphatic heterocycles. The van der Waals surface area contributed by atoms with Crippen molar-refractivity contribution in [1.29, 1.82) is 0 Å². The first-order valence-electron chi connectivity index (χ1n) is 5.90. The van der Waals surface area contributed by atoms with E-state index < -0.39 is 0 Å². The first kappa shape index (κ1) is 9.68. The molecule has 1 aromatic rings. The third-order valence-corrected chi connectivity index (χ3v) is 4.05. The van der Waals surface area contributed by atoms with Crippen molar-refractivity contribution in [1.82, 2.24) is 5.32 Å². The predicted molar refractivity (Wildman–Crippen MR) is 63.5 cm³/mol. The number of hydrogen-bond donors (Lipinski definition) is 1. The summed E-state index contributed by atoms with van der Waals surface area (Å²) < 4.78 is 0. The third-order valence-electron chi connectivity index (χ3n) is 3.70. The zero-order chi connectivity index (χ0) is 10.3. The average Bonchev–Trinajstić information content (AvgIpc) is 2.88. The number of fused-ring (bicyclic) bond motifs is 1. The monoisotopic (exact) mass is 221 g/mol. The lowest BCUT2D eigenvalue weighted by Crippen LogP contribution is -2.14. The minimum atomic E-state index is 0.592. The highest BCUT2D eigenvalue weighted by Crippen LogP contribution is 2.36. The topological polar surface area (TPSA) is 12.0 Å². The predicted octanol–water partition coefficient (Wildman–Crippen LogP) is 3.25. The Balaban J connectivity index is 2.04. The van der Waals surface area contributed by atoms with Crippen molar-refractivity contribution in [2.45, 2.75) is 38.1 Å². The van der Waals surface area contributed by atoms with Crippen LogP contribution in [-0.2, 0) is 12.8 Å². The molecule has 2 heteroatoms. The fraction of sp³-hybridized carbons (Fsp3) is 0.538. The Morgan fingerprint density at radius 1 is 1.13 bits per heavy atom. The summed E-state index contributed by atoms with van der Waals surface area (Å²) in [5, 5.41) is 4.56. The molecule has 15 heavy (non-hydrogen) atoms. The number of rotatable bonds is 1. The normalized spacial score (nSPS) is 24.5. The van der Waals surface area contributed by atoms with Crippen LogP contribution < -0.4 is 5.32 Å². The lowest BCUT2D eigenvalue weighted by molar-refractivity contribution is 0.641. The van der Waals surface area contributed by atoms with E-state index in [1.807, 2.05) is 0 Å². The van der Waals surface area contributed by atoms with E-state index in [1.54, 1.807) is 5.56 Å². The molecular weight excluding hydrogens is 206 g/mol. The van der Waals surface area contributed by atoms with Crippen LogP contribution in [0, 0.1) is 0 Å². The van der Waals surface area contributed by atoms with E-state index in [0.29, 0.717) is 6.04 Å². The largest absolute Gasteiger partial charge is 0.310 e. The van der Waals surface area contributed by atoms with Crippen LogP contribution >= 0.6 is 11.6 Å². The standard InChI is InChI=1S/C13H16ClN/c14-12-7-6-11(13-5-2-8-15-13)9-3-1-4-10(9)12/h6-7,13,15H,1-5,8H2/t13-/m1/s1. The average molecular weight is 222 g/mol. The Hall–Kier alpha value is -0.530. The van der Waals surface area contributed by atoms with E-state index in [-0.39, 0.29) is 0 Å². The second kappa shape index (κ2) is 3.80. The van der Waals surface area contributed by atoms with Gasteiger partial charge in [-0.25, -0.2) is 0 Å². The molecule has 1 N–H and O–H groups in total. The van der Waals surface area contributed by atoms with Crippen LogP contribution in [0.5, 0.6) is 0 Å². The molecule has 1 heterocycles. The van der Waals surface area contributed by atoms with Gasteiger partial charge >= 0.3 is 0 Å². The molecule has 0 amide bonds. The van der Waals surface area contributed by atoms with Gasteiger partial charge in [-0.2, -0.15) is 0 Å². The molecule has 0 spiro atoms. The van der Waals surface area contributed by atoms with Crippen molar-refractivity contribution >= 4 is 11.6 Å². The van der Waals surface area contributed by atoms with Gasteiger partial charge in [0.25, 0.3) is 0 Å². The van der Waals surface area contributed by atoms with Gasteiger partial charge in [0.05, 0.1) is 0 Å². The van der Waals surface area contributed by atoms with Crippen LogP contribution in [-0.4, -0.2) is 6.54 Å². The molecule has 1 nitrogen and oxygen atoms in total. The minimum absolute atomic E-state index is 0.592. The molecule has 2 aliphatic rings. The van der Waals surface area contributed by atoms with Gasteiger partial charge < -0.3 is 5.32 Å². The number of hydrogen-bond acceptors (Lipinski definition) is 1. The first-order valence-corrected chi connectivity index (χ1v) is 6.27. The highest BCUT2D eigenvalue weighted by atomic mass is 35.5. The summed E-state index contributed by atoms with van der Waals surface area (Å²) >= 11 is 6.23. The van der Waals surface area contributed by atoms with E-state index in [1.165, 1.54) is 49.8 Å². The highest BCUT2D eigenvalue weighted by molar-refractivity contribution is 6.31. The molecule has 0 bridgehead atoms. The van der Waals surface area contributed by atoms with Crippen molar-refractivity contribution < 1.29 is 0 Å². The summed E-state index contributed by atoms with van der Waals surface area (Å²) in [6.07, 6.45) is 6.27. The summed E-state index contributed by atoms with van der Waals surface area (Å²) in [6.45, 7) is 1.17.